The normalized spacial score (nSPS) is 14.5. The molecule has 1 fully saturated rings. The number of para-hydroxylation sites is 2. The fraction of sp³-hybridized carbons (Fsp3) is 0.290. The zero-order valence-corrected chi connectivity index (χ0v) is 25.3. The highest BCUT2D eigenvalue weighted by Gasteiger charge is 2.35. The minimum absolute atomic E-state index is 0.0813. The lowest BCUT2D eigenvalue weighted by Gasteiger charge is -2.19. The maximum Gasteiger partial charge on any atom is 0.293 e. The van der Waals surface area contributed by atoms with Gasteiger partial charge in [0.25, 0.3) is 11.1 Å². The fourth-order valence-electron chi connectivity index (χ4n) is 3.93. The van der Waals surface area contributed by atoms with Gasteiger partial charge in [0.1, 0.15) is 31.3 Å². The molecule has 1 heterocycles. The number of halogens is 1. The first-order valence-corrected chi connectivity index (χ1v) is 14.4. The van der Waals surface area contributed by atoms with Crippen LogP contribution in [0.25, 0.3) is 6.08 Å². The minimum Gasteiger partial charge on any atom is -0.493 e. The van der Waals surface area contributed by atoms with E-state index in [1.807, 2.05) is 42.5 Å². The summed E-state index contributed by atoms with van der Waals surface area (Å²) in [5, 5.41) is -0.342. The van der Waals surface area contributed by atoms with Crippen LogP contribution in [0.5, 0.6) is 23.0 Å². The third kappa shape index (κ3) is 7.61. The summed E-state index contributed by atoms with van der Waals surface area (Å²) in [7, 11) is 1.56. The molecule has 7 nitrogen and oxygen atoms in total. The Labute approximate surface area is 247 Å². The van der Waals surface area contributed by atoms with Crippen molar-refractivity contribution < 1.29 is 28.5 Å². The Hall–Kier alpha value is -3.43. The second kappa shape index (κ2) is 13.3. The van der Waals surface area contributed by atoms with Crippen molar-refractivity contribution in [3.63, 3.8) is 0 Å². The first-order chi connectivity index (χ1) is 19.2. The highest BCUT2D eigenvalue weighted by atomic mass is 79.9. The van der Waals surface area contributed by atoms with Crippen molar-refractivity contribution in [2.45, 2.75) is 26.2 Å². The van der Waals surface area contributed by atoms with E-state index in [0.29, 0.717) is 40.9 Å². The third-order valence-corrected chi connectivity index (χ3v) is 7.51. The molecule has 0 radical (unpaired) electrons. The van der Waals surface area contributed by atoms with Gasteiger partial charge in [-0.25, -0.2) is 0 Å². The number of thioether (sulfide) groups is 1. The Morgan fingerprint density at radius 1 is 0.850 bits per heavy atom. The van der Waals surface area contributed by atoms with Gasteiger partial charge in [0, 0.05) is 10.0 Å². The first-order valence-electron chi connectivity index (χ1n) is 12.8. The van der Waals surface area contributed by atoms with Gasteiger partial charge < -0.3 is 18.9 Å². The number of rotatable bonds is 11. The summed E-state index contributed by atoms with van der Waals surface area (Å²) >= 11 is 4.38. The molecule has 3 aromatic carbocycles. The summed E-state index contributed by atoms with van der Waals surface area (Å²) in [4.78, 5) is 27.1. The van der Waals surface area contributed by atoms with Gasteiger partial charge in [-0.3, -0.25) is 14.5 Å². The van der Waals surface area contributed by atoms with E-state index >= 15 is 0 Å². The maximum absolute atomic E-state index is 13.0. The SMILES string of the molecule is COc1ccccc1OCCN1C(=O)S/C(=C\c2ccc(Br)cc2OCCOc2ccc(C(C)(C)C)cc2)C1=O. The molecule has 0 aliphatic carbocycles. The van der Waals surface area contributed by atoms with Crippen LogP contribution in [0, 0.1) is 0 Å². The van der Waals surface area contributed by atoms with Crippen LogP contribution in [0.2, 0.25) is 0 Å². The van der Waals surface area contributed by atoms with Gasteiger partial charge in [-0.15, -0.1) is 0 Å². The number of benzene rings is 3. The summed E-state index contributed by atoms with van der Waals surface area (Å²) in [6, 6.07) is 20.8. The summed E-state index contributed by atoms with van der Waals surface area (Å²) in [6.07, 6.45) is 1.68. The van der Waals surface area contributed by atoms with Crippen LogP contribution >= 0.6 is 27.7 Å². The van der Waals surface area contributed by atoms with E-state index in [2.05, 4.69) is 48.8 Å². The summed E-state index contributed by atoms with van der Waals surface area (Å²) in [5.74, 6) is 2.12. The van der Waals surface area contributed by atoms with Gasteiger partial charge in [0.05, 0.1) is 18.6 Å². The standard InChI is InChI=1S/C31H32BrNO6S/c1-31(2,3)22-10-13-24(14-11-22)37-17-18-39-27-20-23(32)12-9-21(27)19-28-29(34)33(30(35)40-28)15-16-38-26-8-6-5-7-25(26)36-4/h5-14,19-20H,15-18H2,1-4H3/b28-19-. The summed E-state index contributed by atoms with van der Waals surface area (Å²) in [6.45, 7) is 7.44. The van der Waals surface area contributed by atoms with E-state index in [0.717, 1.165) is 22.0 Å². The van der Waals surface area contributed by atoms with Crippen molar-refractivity contribution >= 4 is 44.9 Å². The quantitative estimate of drug-likeness (QED) is 0.163. The van der Waals surface area contributed by atoms with E-state index in [4.69, 9.17) is 18.9 Å². The second-order valence-corrected chi connectivity index (χ2v) is 11.9. The lowest BCUT2D eigenvalue weighted by molar-refractivity contribution is -0.123. The molecule has 0 N–H and O–H groups in total. The van der Waals surface area contributed by atoms with Crippen molar-refractivity contribution in [3.8, 4) is 23.0 Å². The van der Waals surface area contributed by atoms with Crippen molar-refractivity contribution in [1.82, 2.24) is 4.90 Å². The average Bonchev–Trinajstić information content (AvgIpc) is 3.19. The van der Waals surface area contributed by atoms with Crippen molar-refractivity contribution in [2.24, 2.45) is 0 Å². The maximum atomic E-state index is 13.0. The van der Waals surface area contributed by atoms with Crippen molar-refractivity contribution in [2.75, 3.05) is 33.5 Å². The van der Waals surface area contributed by atoms with Crippen LogP contribution in [-0.4, -0.2) is 49.5 Å². The molecule has 0 atom stereocenters. The van der Waals surface area contributed by atoms with E-state index < -0.39 is 0 Å². The molecule has 3 aromatic rings. The predicted octanol–water partition coefficient (Wildman–Crippen LogP) is 7.33. The zero-order valence-electron chi connectivity index (χ0n) is 22.9. The molecular weight excluding hydrogens is 594 g/mol. The largest absolute Gasteiger partial charge is 0.493 e. The number of nitrogens with zero attached hydrogens (tertiary/aromatic N) is 1. The van der Waals surface area contributed by atoms with Crippen LogP contribution in [0.15, 0.2) is 76.1 Å². The molecule has 0 unspecified atom stereocenters. The molecule has 9 heteroatoms. The van der Waals surface area contributed by atoms with Gasteiger partial charge >= 0.3 is 0 Å². The Morgan fingerprint density at radius 3 is 2.23 bits per heavy atom. The van der Waals surface area contributed by atoms with E-state index in [1.165, 1.54) is 10.5 Å². The average molecular weight is 627 g/mol. The number of carbonyl (C=O) groups is 2. The van der Waals surface area contributed by atoms with Gasteiger partial charge in [-0.2, -0.15) is 0 Å². The summed E-state index contributed by atoms with van der Waals surface area (Å²) < 4.78 is 23.7. The topological polar surface area (TPSA) is 74.3 Å². The van der Waals surface area contributed by atoms with Crippen LogP contribution < -0.4 is 18.9 Å². The monoisotopic (exact) mass is 625 g/mol. The first kappa shape index (κ1) is 29.6. The smallest absolute Gasteiger partial charge is 0.293 e. The molecule has 1 aliphatic rings. The number of hydrogen-bond donors (Lipinski definition) is 0. The van der Waals surface area contributed by atoms with Gasteiger partial charge in [0.15, 0.2) is 11.5 Å². The van der Waals surface area contributed by atoms with E-state index in [1.54, 1.807) is 25.3 Å². The Morgan fingerprint density at radius 2 is 1.52 bits per heavy atom. The predicted molar refractivity (Wildman–Crippen MR) is 161 cm³/mol. The molecule has 210 valence electrons. The number of methoxy groups -OCH3 is 1. The van der Waals surface area contributed by atoms with Crippen molar-refractivity contribution in [3.05, 3.63) is 87.2 Å². The van der Waals surface area contributed by atoms with E-state index in [-0.39, 0.29) is 29.7 Å². The molecule has 0 aromatic heterocycles. The Kier molecular flexibility index (Phi) is 9.81. The zero-order chi connectivity index (χ0) is 28.7. The number of hydrogen-bond acceptors (Lipinski definition) is 7. The third-order valence-electron chi connectivity index (χ3n) is 6.11. The highest BCUT2D eigenvalue weighted by molar-refractivity contribution is 9.10. The van der Waals surface area contributed by atoms with Gasteiger partial charge in [-0.05, 0) is 65.2 Å². The highest BCUT2D eigenvalue weighted by Crippen LogP contribution is 2.35. The number of ether oxygens (including phenoxy) is 4. The Balaban J connectivity index is 1.35. The number of imide groups is 1. The lowest BCUT2D eigenvalue weighted by atomic mass is 9.87. The number of amides is 2. The Bertz CT molecular complexity index is 1380. The molecule has 4 rings (SSSR count). The van der Waals surface area contributed by atoms with Crippen LogP contribution in [0.4, 0.5) is 4.79 Å². The van der Waals surface area contributed by atoms with Crippen molar-refractivity contribution in [1.29, 1.82) is 0 Å². The second-order valence-electron chi connectivity index (χ2n) is 9.99. The van der Waals surface area contributed by atoms with E-state index in [9.17, 15) is 9.59 Å². The molecular formula is C31H32BrNO6S. The van der Waals surface area contributed by atoms with Crippen LogP contribution in [0.3, 0.4) is 0 Å². The molecule has 1 saturated heterocycles. The molecule has 0 saturated carbocycles. The number of carbonyl (C=O) groups excluding carboxylic acids is 2. The van der Waals surface area contributed by atoms with Gasteiger partial charge in [-0.1, -0.05) is 67.0 Å². The molecule has 2 amide bonds. The van der Waals surface area contributed by atoms with Gasteiger partial charge in [0.2, 0.25) is 0 Å². The molecule has 1 aliphatic heterocycles. The fourth-order valence-corrected chi connectivity index (χ4v) is 5.13. The molecule has 0 bridgehead atoms. The van der Waals surface area contributed by atoms with Crippen LogP contribution in [-0.2, 0) is 10.2 Å². The summed E-state index contributed by atoms with van der Waals surface area (Å²) in [5.41, 5.74) is 2.01. The molecule has 40 heavy (non-hydrogen) atoms. The van der Waals surface area contributed by atoms with Crippen LogP contribution in [0.1, 0.15) is 31.9 Å². The molecule has 0 spiro atoms. The minimum atomic E-state index is -0.366. The lowest BCUT2D eigenvalue weighted by Crippen LogP contribution is -2.32.